The number of hydrogen-bond donors (Lipinski definition) is 1. The van der Waals surface area contributed by atoms with Gasteiger partial charge in [0.2, 0.25) is 5.91 Å². The maximum absolute atomic E-state index is 14.1. The first-order valence-corrected chi connectivity index (χ1v) is 9.80. The van der Waals surface area contributed by atoms with Gasteiger partial charge in [-0.25, -0.2) is 8.78 Å². The second-order valence-electron chi connectivity index (χ2n) is 9.03. The lowest BCUT2D eigenvalue weighted by molar-refractivity contribution is -0.129. The molecule has 2 aliphatic rings. The van der Waals surface area contributed by atoms with Gasteiger partial charge in [-0.05, 0) is 29.3 Å². The van der Waals surface area contributed by atoms with Gasteiger partial charge >= 0.3 is 0 Å². The van der Waals surface area contributed by atoms with Crippen molar-refractivity contribution < 1.29 is 13.6 Å². The van der Waals surface area contributed by atoms with E-state index in [0.717, 1.165) is 19.2 Å². The second-order valence-corrected chi connectivity index (χ2v) is 9.03. The Morgan fingerprint density at radius 2 is 1.82 bits per heavy atom. The third kappa shape index (κ3) is 3.44. The molecule has 1 aliphatic heterocycles. The monoisotopic (exact) mass is 384 g/mol. The van der Waals surface area contributed by atoms with Crippen LogP contribution in [0.4, 0.5) is 8.78 Å². The van der Waals surface area contributed by atoms with E-state index < -0.39 is 11.2 Å². The molecule has 2 aromatic carbocycles. The van der Waals surface area contributed by atoms with Crippen molar-refractivity contribution >= 4 is 5.91 Å². The molecule has 4 rings (SSSR count). The Morgan fingerprint density at radius 3 is 2.54 bits per heavy atom. The van der Waals surface area contributed by atoms with Crippen LogP contribution in [0.15, 0.2) is 42.5 Å². The Balaban J connectivity index is 1.58. The molecular formula is C23H26F2N2O. The van der Waals surface area contributed by atoms with Crippen molar-refractivity contribution in [3.05, 3.63) is 70.8 Å². The van der Waals surface area contributed by atoms with Crippen LogP contribution in [0, 0.1) is 23.0 Å². The molecule has 28 heavy (non-hydrogen) atoms. The summed E-state index contributed by atoms with van der Waals surface area (Å²) in [6.45, 7) is 7.62. The largest absolute Gasteiger partial charge is 0.348 e. The van der Waals surface area contributed by atoms with E-state index in [2.05, 4.69) is 22.3 Å². The Kier molecular flexibility index (Phi) is 4.74. The van der Waals surface area contributed by atoms with E-state index in [1.54, 1.807) is 0 Å². The summed E-state index contributed by atoms with van der Waals surface area (Å²) in [7, 11) is 0. The molecule has 1 heterocycles. The first kappa shape index (κ1) is 19.1. The molecule has 0 aromatic heterocycles. The molecule has 0 radical (unpaired) electrons. The highest BCUT2D eigenvalue weighted by atomic mass is 19.1. The Labute approximate surface area is 164 Å². The Hall–Kier alpha value is -2.27. The van der Waals surface area contributed by atoms with Crippen LogP contribution in [-0.2, 0) is 11.3 Å². The van der Waals surface area contributed by atoms with Crippen LogP contribution in [-0.4, -0.2) is 23.9 Å². The minimum Gasteiger partial charge on any atom is -0.348 e. The number of benzene rings is 2. The van der Waals surface area contributed by atoms with E-state index >= 15 is 0 Å². The summed E-state index contributed by atoms with van der Waals surface area (Å²) in [6.07, 6.45) is 0. The van der Waals surface area contributed by atoms with Gasteiger partial charge in [-0.2, -0.15) is 0 Å². The zero-order valence-electron chi connectivity index (χ0n) is 16.5. The average Bonchev–Trinajstić information content (AvgIpc) is 3.16. The topological polar surface area (TPSA) is 32.3 Å². The molecule has 0 saturated carbocycles. The molecule has 2 aromatic rings. The summed E-state index contributed by atoms with van der Waals surface area (Å²) in [4.78, 5) is 14.8. The number of nitrogens with zero attached hydrogens (tertiary/aromatic N) is 1. The minimum absolute atomic E-state index is 0.0302. The fraction of sp³-hybridized carbons (Fsp3) is 0.435. The maximum Gasteiger partial charge on any atom is 0.225 e. The highest BCUT2D eigenvalue weighted by Crippen LogP contribution is 2.49. The Bertz CT molecular complexity index is 906. The molecule has 1 fully saturated rings. The second kappa shape index (κ2) is 6.96. The molecule has 3 nitrogen and oxygen atoms in total. The van der Waals surface area contributed by atoms with E-state index in [1.165, 1.54) is 23.3 Å². The molecule has 3 atom stereocenters. The smallest absolute Gasteiger partial charge is 0.225 e. The van der Waals surface area contributed by atoms with Crippen LogP contribution in [0.1, 0.15) is 49.4 Å². The first-order valence-electron chi connectivity index (χ1n) is 9.80. The van der Waals surface area contributed by atoms with Gasteiger partial charge in [-0.3, -0.25) is 9.69 Å². The van der Waals surface area contributed by atoms with Gasteiger partial charge in [-0.15, -0.1) is 0 Å². The van der Waals surface area contributed by atoms with Gasteiger partial charge in [0, 0.05) is 42.4 Å². The number of nitrogens with one attached hydrogen (secondary N) is 1. The molecule has 1 aliphatic carbocycles. The van der Waals surface area contributed by atoms with Gasteiger partial charge in [0.25, 0.3) is 0 Å². The van der Waals surface area contributed by atoms with E-state index in [1.807, 2.05) is 32.9 Å². The van der Waals surface area contributed by atoms with Crippen LogP contribution in [0.25, 0.3) is 0 Å². The fourth-order valence-corrected chi connectivity index (χ4v) is 4.52. The summed E-state index contributed by atoms with van der Waals surface area (Å²) in [5.41, 5.74) is 2.36. The van der Waals surface area contributed by atoms with Crippen LogP contribution in [0.3, 0.4) is 0 Å². The number of rotatable bonds is 3. The number of fused-ring (bicyclic) bond motifs is 3. The Morgan fingerprint density at radius 1 is 1.11 bits per heavy atom. The number of likely N-dealkylation sites (tertiary alicyclic amines) is 1. The van der Waals surface area contributed by atoms with Crippen LogP contribution < -0.4 is 5.32 Å². The highest BCUT2D eigenvalue weighted by molar-refractivity contribution is 5.82. The number of carbonyl (C=O) groups excluding carboxylic acids is 1. The predicted octanol–water partition coefficient (Wildman–Crippen LogP) is 4.40. The minimum atomic E-state index is -0.462. The van der Waals surface area contributed by atoms with E-state index in [0.29, 0.717) is 12.1 Å². The number of hydrogen-bond acceptors (Lipinski definition) is 2. The van der Waals surface area contributed by atoms with Gasteiger partial charge < -0.3 is 5.32 Å². The summed E-state index contributed by atoms with van der Waals surface area (Å²) in [5, 5.41) is 3.25. The number of carbonyl (C=O) groups is 1. The van der Waals surface area contributed by atoms with Crippen LogP contribution >= 0.6 is 0 Å². The van der Waals surface area contributed by atoms with Crippen molar-refractivity contribution in [3.8, 4) is 0 Å². The standard InChI is InChI=1S/C23H26F2N2O/c1-23(2,3)22(28)26-21-17-7-5-4-6-16(17)18-12-27(13-19(18)21)11-14-10-15(24)8-9-20(14)25/h4-10,18-19,21H,11-13H2,1-3H3,(H,26,28)/t18-,19-,21+/m0/s1. The molecule has 1 amide bonds. The van der Waals surface area contributed by atoms with Gasteiger partial charge in [0.1, 0.15) is 11.6 Å². The number of halogens is 2. The highest BCUT2D eigenvalue weighted by Gasteiger charge is 2.47. The molecule has 0 unspecified atom stereocenters. The summed E-state index contributed by atoms with van der Waals surface area (Å²) < 4.78 is 27.6. The summed E-state index contributed by atoms with van der Waals surface area (Å²) >= 11 is 0. The zero-order valence-corrected chi connectivity index (χ0v) is 16.5. The lowest BCUT2D eigenvalue weighted by Crippen LogP contribution is -2.40. The van der Waals surface area contributed by atoms with E-state index in [4.69, 9.17) is 0 Å². The maximum atomic E-state index is 14.1. The van der Waals surface area contributed by atoms with E-state index in [-0.39, 0.29) is 29.6 Å². The third-order valence-electron chi connectivity index (χ3n) is 5.97. The summed E-state index contributed by atoms with van der Waals surface area (Å²) in [5.74, 6) is -0.242. The third-order valence-corrected chi connectivity index (χ3v) is 5.97. The fourth-order valence-electron chi connectivity index (χ4n) is 4.52. The van der Waals surface area contributed by atoms with Crippen molar-refractivity contribution in [3.63, 3.8) is 0 Å². The predicted molar refractivity (Wildman–Crippen MR) is 105 cm³/mol. The van der Waals surface area contributed by atoms with Crippen molar-refractivity contribution in [2.24, 2.45) is 11.3 Å². The first-order chi connectivity index (χ1) is 13.2. The van der Waals surface area contributed by atoms with Crippen LogP contribution in [0.2, 0.25) is 0 Å². The van der Waals surface area contributed by atoms with E-state index in [9.17, 15) is 13.6 Å². The normalized spacial score (nSPS) is 24.1. The van der Waals surface area contributed by atoms with Gasteiger partial charge in [-0.1, -0.05) is 45.0 Å². The number of amides is 1. The zero-order chi connectivity index (χ0) is 20.1. The quantitative estimate of drug-likeness (QED) is 0.851. The van der Waals surface area contributed by atoms with Crippen LogP contribution in [0.5, 0.6) is 0 Å². The SMILES string of the molecule is CC(C)(C)C(=O)N[C@@H]1c2ccccc2[C@@H]2CN(Cc3cc(F)ccc3F)C[C@H]12. The van der Waals surface area contributed by atoms with Crippen molar-refractivity contribution in [2.75, 3.05) is 13.1 Å². The lowest BCUT2D eigenvalue weighted by atomic mass is 9.91. The molecule has 1 saturated heterocycles. The molecule has 5 heteroatoms. The molecule has 0 spiro atoms. The van der Waals surface area contributed by atoms with Crippen molar-refractivity contribution in [1.29, 1.82) is 0 Å². The molecule has 148 valence electrons. The van der Waals surface area contributed by atoms with Crippen molar-refractivity contribution in [2.45, 2.75) is 39.3 Å². The lowest BCUT2D eigenvalue weighted by Gasteiger charge is -2.27. The molecule has 0 bridgehead atoms. The molecule has 1 N–H and O–H groups in total. The average molecular weight is 384 g/mol. The van der Waals surface area contributed by atoms with Gasteiger partial charge in [0.15, 0.2) is 0 Å². The van der Waals surface area contributed by atoms with Gasteiger partial charge in [0.05, 0.1) is 6.04 Å². The summed E-state index contributed by atoms with van der Waals surface area (Å²) in [6, 6.07) is 11.8. The molecular weight excluding hydrogens is 358 g/mol. The van der Waals surface area contributed by atoms with Crippen molar-refractivity contribution in [1.82, 2.24) is 10.2 Å².